The molecule has 0 amide bonds. The average molecular weight is 217 g/mol. The lowest BCUT2D eigenvalue weighted by Crippen LogP contribution is -2.25. The molecule has 0 aromatic carbocycles. The number of hydrogen-bond acceptors (Lipinski definition) is 5. The first-order valence-corrected chi connectivity index (χ1v) is 5.09. The summed E-state index contributed by atoms with van der Waals surface area (Å²) in [6.07, 6.45) is 0.574. The fourth-order valence-electron chi connectivity index (χ4n) is 2.02. The van der Waals surface area contributed by atoms with Crippen molar-refractivity contribution in [1.29, 1.82) is 0 Å². The molecule has 0 aromatic rings. The Balaban J connectivity index is 1.81. The summed E-state index contributed by atoms with van der Waals surface area (Å²) < 4.78 is 16.6. The van der Waals surface area contributed by atoms with E-state index in [1.807, 2.05) is 13.8 Å². The predicted molar refractivity (Wildman–Crippen MR) is 49.8 cm³/mol. The lowest BCUT2D eigenvalue weighted by atomic mass is 10.1. The van der Waals surface area contributed by atoms with Crippen LogP contribution in [0.25, 0.3) is 0 Å². The normalized spacial score (nSPS) is 37.9. The van der Waals surface area contributed by atoms with Gasteiger partial charge in [-0.3, -0.25) is 10.1 Å². The summed E-state index contributed by atoms with van der Waals surface area (Å²) in [4.78, 5) is 9.86. The molecule has 2 aliphatic rings. The summed E-state index contributed by atoms with van der Waals surface area (Å²) in [5, 5.41) is 10.2. The molecule has 2 fully saturated rings. The molecule has 0 radical (unpaired) electrons. The van der Waals surface area contributed by atoms with Gasteiger partial charge in [0.25, 0.3) is 0 Å². The highest BCUT2D eigenvalue weighted by Gasteiger charge is 2.48. The van der Waals surface area contributed by atoms with Crippen LogP contribution in [0.4, 0.5) is 0 Å². The maximum Gasteiger partial charge on any atom is 0.206 e. The van der Waals surface area contributed by atoms with Crippen molar-refractivity contribution in [3.63, 3.8) is 0 Å². The van der Waals surface area contributed by atoms with E-state index < -0.39 is 5.79 Å². The van der Waals surface area contributed by atoms with Crippen molar-refractivity contribution in [2.45, 2.75) is 51.0 Å². The lowest BCUT2D eigenvalue weighted by Gasteiger charge is -2.19. The van der Waals surface area contributed by atoms with E-state index >= 15 is 0 Å². The minimum atomic E-state index is -0.594. The Morgan fingerprint density at radius 2 is 2.20 bits per heavy atom. The van der Waals surface area contributed by atoms with E-state index in [1.165, 1.54) is 0 Å². The van der Waals surface area contributed by atoms with Gasteiger partial charge >= 0.3 is 0 Å². The third-order valence-electron chi connectivity index (χ3n) is 2.59. The third-order valence-corrected chi connectivity index (χ3v) is 2.59. The molecule has 0 bridgehead atoms. The summed E-state index contributed by atoms with van der Waals surface area (Å²) in [6.45, 7) is 3.61. The summed E-state index contributed by atoms with van der Waals surface area (Å²) in [7, 11) is 0. The van der Waals surface area contributed by atoms with Crippen molar-refractivity contribution in [2.24, 2.45) is 0 Å². The van der Waals surface area contributed by atoms with Crippen LogP contribution in [0.3, 0.4) is 0 Å². The molecule has 0 N–H and O–H groups in total. The molecule has 6 heteroatoms. The van der Waals surface area contributed by atoms with Gasteiger partial charge in [0.1, 0.15) is 6.10 Å². The molecule has 1 unspecified atom stereocenters. The van der Waals surface area contributed by atoms with Crippen LogP contribution in [0.5, 0.6) is 0 Å². The molecule has 0 saturated carbocycles. The van der Waals surface area contributed by atoms with E-state index in [-0.39, 0.29) is 30.0 Å². The lowest BCUT2D eigenvalue weighted by molar-refractivity contribution is -0.482. The largest absolute Gasteiger partial charge is 0.346 e. The SMILES string of the molecule is CC1(C)O[C@H]2OC(CC[N+](=O)[O-])C[C@H]2O1. The molecular weight excluding hydrogens is 202 g/mol. The van der Waals surface area contributed by atoms with Crippen molar-refractivity contribution in [3.05, 3.63) is 10.1 Å². The van der Waals surface area contributed by atoms with Crippen LogP contribution in [-0.4, -0.2) is 35.8 Å². The van der Waals surface area contributed by atoms with Crippen molar-refractivity contribution in [1.82, 2.24) is 0 Å². The highest BCUT2D eigenvalue weighted by Crippen LogP contribution is 2.37. The van der Waals surface area contributed by atoms with Crippen LogP contribution in [0, 0.1) is 10.1 Å². The summed E-state index contributed by atoms with van der Waals surface area (Å²) in [5.41, 5.74) is 0. The molecule has 2 heterocycles. The van der Waals surface area contributed by atoms with Crippen molar-refractivity contribution in [3.8, 4) is 0 Å². The molecule has 86 valence electrons. The van der Waals surface area contributed by atoms with E-state index in [0.717, 1.165) is 0 Å². The Hall–Kier alpha value is -0.720. The first kappa shape index (κ1) is 10.8. The van der Waals surface area contributed by atoms with E-state index in [4.69, 9.17) is 14.2 Å². The first-order valence-electron chi connectivity index (χ1n) is 5.09. The van der Waals surface area contributed by atoms with Crippen LogP contribution in [-0.2, 0) is 14.2 Å². The summed E-state index contributed by atoms with van der Waals surface area (Å²) in [6, 6.07) is 0. The van der Waals surface area contributed by atoms with E-state index in [2.05, 4.69) is 0 Å². The van der Waals surface area contributed by atoms with Crippen molar-refractivity contribution >= 4 is 0 Å². The fraction of sp³-hybridized carbons (Fsp3) is 1.00. The molecule has 0 spiro atoms. The minimum absolute atomic E-state index is 0.0620. The second kappa shape index (κ2) is 3.70. The number of nitrogens with zero attached hydrogens (tertiary/aromatic N) is 1. The highest BCUT2D eigenvalue weighted by molar-refractivity contribution is 4.84. The topological polar surface area (TPSA) is 70.8 Å². The Morgan fingerprint density at radius 1 is 1.47 bits per heavy atom. The summed E-state index contributed by atoms with van der Waals surface area (Å²) >= 11 is 0. The van der Waals surface area contributed by atoms with E-state index in [0.29, 0.717) is 12.8 Å². The molecule has 0 aliphatic carbocycles. The van der Waals surface area contributed by atoms with Gasteiger partial charge in [-0.05, 0) is 13.8 Å². The van der Waals surface area contributed by atoms with Gasteiger partial charge in [-0.25, -0.2) is 0 Å². The van der Waals surface area contributed by atoms with Gasteiger partial charge in [0.15, 0.2) is 12.1 Å². The number of rotatable bonds is 3. The average Bonchev–Trinajstić information content (AvgIpc) is 2.53. The van der Waals surface area contributed by atoms with Gasteiger partial charge < -0.3 is 14.2 Å². The van der Waals surface area contributed by atoms with E-state index in [1.54, 1.807) is 0 Å². The quantitative estimate of drug-likeness (QED) is 0.519. The molecule has 2 rings (SSSR count). The number of nitro groups is 1. The smallest absolute Gasteiger partial charge is 0.206 e. The Labute approximate surface area is 87.6 Å². The van der Waals surface area contributed by atoms with Crippen LogP contribution in [0.1, 0.15) is 26.7 Å². The second-order valence-corrected chi connectivity index (χ2v) is 4.38. The van der Waals surface area contributed by atoms with Crippen LogP contribution >= 0.6 is 0 Å². The molecule has 2 aliphatic heterocycles. The van der Waals surface area contributed by atoms with Gasteiger partial charge in [0.05, 0.1) is 6.10 Å². The van der Waals surface area contributed by atoms with Gasteiger partial charge in [-0.2, -0.15) is 0 Å². The van der Waals surface area contributed by atoms with Crippen LogP contribution in [0.15, 0.2) is 0 Å². The van der Waals surface area contributed by atoms with E-state index in [9.17, 15) is 10.1 Å². The second-order valence-electron chi connectivity index (χ2n) is 4.38. The zero-order chi connectivity index (χ0) is 11.1. The maximum absolute atomic E-state index is 10.2. The maximum atomic E-state index is 10.2. The first-order chi connectivity index (χ1) is 6.96. The van der Waals surface area contributed by atoms with Crippen molar-refractivity contribution < 1.29 is 19.1 Å². The van der Waals surface area contributed by atoms with Gasteiger partial charge in [-0.15, -0.1) is 0 Å². The number of ether oxygens (including phenoxy) is 3. The van der Waals surface area contributed by atoms with Gasteiger partial charge in [-0.1, -0.05) is 0 Å². The molecule has 2 saturated heterocycles. The Kier molecular flexibility index (Phi) is 2.66. The molecular formula is C9H15NO5. The Morgan fingerprint density at radius 3 is 2.80 bits per heavy atom. The number of hydrogen-bond donors (Lipinski definition) is 0. The predicted octanol–water partition coefficient (Wildman–Crippen LogP) is 0.920. The van der Waals surface area contributed by atoms with Crippen LogP contribution < -0.4 is 0 Å². The van der Waals surface area contributed by atoms with Gasteiger partial charge in [0, 0.05) is 17.8 Å². The molecule has 15 heavy (non-hydrogen) atoms. The third kappa shape index (κ3) is 2.45. The molecule has 0 aromatic heterocycles. The van der Waals surface area contributed by atoms with Crippen molar-refractivity contribution in [2.75, 3.05) is 6.54 Å². The van der Waals surface area contributed by atoms with Gasteiger partial charge in [0.2, 0.25) is 6.54 Å². The fourth-order valence-corrected chi connectivity index (χ4v) is 2.02. The zero-order valence-electron chi connectivity index (χ0n) is 8.84. The Bertz CT molecular complexity index is 251. The van der Waals surface area contributed by atoms with Crippen LogP contribution in [0.2, 0.25) is 0 Å². The molecule has 3 atom stereocenters. The monoisotopic (exact) mass is 217 g/mol. The molecule has 6 nitrogen and oxygen atoms in total. The minimum Gasteiger partial charge on any atom is -0.346 e. The standard InChI is InChI=1S/C9H15NO5/c1-9(2)14-7-5-6(3-4-10(11)12)13-8(7)15-9/h6-8H,3-5H2,1-2H3/t6?,7-,8-/m1/s1. The zero-order valence-corrected chi connectivity index (χ0v) is 8.84. The number of fused-ring (bicyclic) bond motifs is 1. The summed E-state index contributed by atoms with van der Waals surface area (Å²) in [5.74, 6) is -0.594. The highest BCUT2D eigenvalue weighted by atomic mass is 16.8.